The van der Waals surface area contributed by atoms with Crippen LogP contribution in [0.4, 0.5) is 0 Å². The second-order valence-electron chi connectivity index (χ2n) is 5.84. The fraction of sp³-hybridized carbons (Fsp3) is 0.190. The van der Waals surface area contributed by atoms with Gasteiger partial charge in [-0.15, -0.1) is 0 Å². The number of nitrogens with one attached hydrogen (secondary N) is 1. The highest BCUT2D eigenvalue weighted by Gasteiger charge is 2.07. The Morgan fingerprint density at radius 3 is 2.60 bits per heavy atom. The van der Waals surface area contributed by atoms with E-state index in [1.165, 1.54) is 0 Å². The van der Waals surface area contributed by atoms with E-state index in [9.17, 15) is 5.11 Å². The van der Waals surface area contributed by atoms with Gasteiger partial charge in [0, 0.05) is 24.8 Å². The van der Waals surface area contributed by atoms with Gasteiger partial charge in [0.25, 0.3) is 0 Å². The van der Waals surface area contributed by atoms with Crippen LogP contribution >= 0.6 is 0 Å². The second kappa shape index (κ2) is 8.42. The minimum atomic E-state index is -0.551. The number of hydrogen-bond donors (Lipinski definition) is 2. The fourth-order valence-corrected chi connectivity index (χ4v) is 2.67. The normalized spacial score (nSPS) is 11.9. The number of ether oxygens (including phenoxy) is 1. The van der Waals surface area contributed by atoms with Crippen LogP contribution in [0.2, 0.25) is 0 Å². The summed E-state index contributed by atoms with van der Waals surface area (Å²) < 4.78 is 5.13. The van der Waals surface area contributed by atoms with Crippen molar-refractivity contribution in [1.29, 1.82) is 0 Å². The highest BCUT2D eigenvalue weighted by atomic mass is 16.5. The summed E-state index contributed by atoms with van der Waals surface area (Å²) in [7, 11) is 1.63. The number of aliphatic hydroxyl groups is 1. The van der Waals surface area contributed by atoms with E-state index in [4.69, 9.17) is 4.74 Å². The van der Waals surface area contributed by atoms with Crippen molar-refractivity contribution in [2.75, 3.05) is 13.7 Å². The monoisotopic (exact) mass is 334 g/mol. The van der Waals surface area contributed by atoms with Gasteiger partial charge in [0.15, 0.2) is 0 Å². The third-order valence-corrected chi connectivity index (χ3v) is 4.06. The Kier molecular flexibility index (Phi) is 5.77. The van der Waals surface area contributed by atoms with Gasteiger partial charge >= 0.3 is 0 Å². The van der Waals surface area contributed by atoms with Crippen LogP contribution in [0.25, 0.3) is 11.3 Å². The van der Waals surface area contributed by atoms with E-state index in [1.54, 1.807) is 13.3 Å². The van der Waals surface area contributed by atoms with E-state index in [1.807, 2.05) is 48.5 Å². The highest BCUT2D eigenvalue weighted by molar-refractivity contribution is 5.59. The van der Waals surface area contributed by atoms with Gasteiger partial charge in [-0.25, -0.2) is 0 Å². The lowest BCUT2D eigenvalue weighted by atomic mass is 10.1. The van der Waals surface area contributed by atoms with E-state index in [0.29, 0.717) is 13.1 Å². The number of aromatic nitrogens is 1. The molecule has 0 radical (unpaired) electrons. The van der Waals surface area contributed by atoms with E-state index in [0.717, 1.165) is 28.1 Å². The molecule has 0 fully saturated rings. The molecule has 3 rings (SSSR count). The number of aliphatic hydroxyl groups excluding tert-OH is 1. The van der Waals surface area contributed by atoms with Crippen molar-refractivity contribution < 1.29 is 9.84 Å². The Balaban J connectivity index is 1.56. The topological polar surface area (TPSA) is 54.4 Å². The molecule has 1 atom stereocenters. The van der Waals surface area contributed by atoms with Gasteiger partial charge < -0.3 is 15.2 Å². The molecule has 25 heavy (non-hydrogen) atoms. The van der Waals surface area contributed by atoms with Gasteiger partial charge in [-0.05, 0) is 41.5 Å². The molecule has 0 aliphatic carbocycles. The number of nitrogens with zero attached hydrogens (tertiary/aromatic N) is 1. The van der Waals surface area contributed by atoms with Crippen molar-refractivity contribution >= 4 is 0 Å². The standard InChI is InChI=1S/C21H22N2O2/c1-25-19-10-8-17(9-11-19)21(24)15-22-14-16-5-4-6-18(13-16)20-7-2-3-12-23-20/h2-13,21-22,24H,14-15H2,1H3. The van der Waals surface area contributed by atoms with Crippen molar-refractivity contribution in [1.82, 2.24) is 10.3 Å². The second-order valence-corrected chi connectivity index (χ2v) is 5.84. The van der Waals surface area contributed by atoms with E-state index in [2.05, 4.69) is 28.5 Å². The summed E-state index contributed by atoms with van der Waals surface area (Å²) in [4.78, 5) is 4.38. The summed E-state index contributed by atoms with van der Waals surface area (Å²) in [5.41, 5.74) is 4.08. The Hall–Kier alpha value is -2.69. The Labute approximate surface area is 148 Å². The maximum absolute atomic E-state index is 10.3. The first kappa shape index (κ1) is 17.1. The van der Waals surface area contributed by atoms with Gasteiger partial charge in [-0.3, -0.25) is 4.98 Å². The molecule has 0 aliphatic heterocycles. The van der Waals surface area contributed by atoms with Crippen LogP contribution in [0.3, 0.4) is 0 Å². The number of hydrogen-bond acceptors (Lipinski definition) is 4. The molecule has 2 aromatic carbocycles. The molecule has 3 aromatic rings. The molecule has 1 aromatic heterocycles. The molecular formula is C21H22N2O2. The lowest BCUT2D eigenvalue weighted by molar-refractivity contribution is 0.174. The zero-order valence-corrected chi connectivity index (χ0v) is 14.2. The summed E-state index contributed by atoms with van der Waals surface area (Å²) >= 11 is 0. The summed E-state index contributed by atoms with van der Waals surface area (Å²) in [6, 6.07) is 21.6. The van der Waals surface area contributed by atoms with E-state index in [-0.39, 0.29) is 0 Å². The predicted octanol–water partition coefficient (Wildman–Crippen LogP) is 3.58. The van der Waals surface area contributed by atoms with E-state index >= 15 is 0 Å². The molecule has 2 N–H and O–H groups in total. The minimum absolute atomic E-state index is 0.486. The molecule has 0 saturated carbocycles. The Morgan fingerprint density at radius 2 is 1.88 bits per heavy atom. The van der Waals surface area contributed by atoms with Crippen molar-refractivity contribution in [3.63, 3.8) is 0 Å². The molecule has 1 unspecified atom stereocenters. The van der Waals surface area contributed by atoms with Crippen LogP contribution < -0.4 is 10.1 Å². The van der Waals surface area contributed by atoms with Gasteiger partial charge in [0.1, 0.15) is 5.75 Å². The number of pyridine rings is 1. The molecule has 0 amide bonds. The number of methoxy groups -OCH3 is 1. The molecular weight excluding hydrogens is 312 g/mol. The maximum atomic E-state index is 10.3. The lowest BCUT2D eigenvalue weighted by Gasteiger charge is -2.13. The third kappa shape index (κ3) is 4.66. The zero-order valence-electron chi connectivity index (χ0n) is 14.2. The fourth-order valence-electron chi connectivity index (χ4n) is 2.67. The molecule has 0 spiro atoms. The largest absolute Gasteiger partial charge is 0.497 e. The predicted molar refractivity (Wildman–Crippen MR) is 99.3 cm³/mol. The van der Waals surface area contributed by atoms with Crippen molar-refractivity contribution in [2.45, 2.75) is 12.6 Å². The van der Waals surface area contributed by atoms with Crippen molar-refractivity contribution in [3.05, 3.63) is 84.1 Å². The minimum Gasteiger partial charge on any atom is -0.497 e. The zero-order chi connectivity index (χ0) is 17.5. The van der Waals surface area contributed by atoms with E-state index < -0.39 is 6.10 Å². The van der Waals surface area contributed by atoms with Crippen LogP contribution in [-0.4, -0.2) is 23.7 Å². The molecule has 1 heterocycles. The number of benzene rings is 2. The van der Waals surface area contributed by atoms with Crippen LogP contribution in [0, 0.1) is 0 Å². The summed E-state index contributed by atoms with van der Waals surface area (Å²) in [6.45, 7) is 1.17. The molecule has 4 nitrogen and oxygen atoms in total. The highest BCUT2D eigenvalue weighted by Crippen LogP contribution is 2.19. The van der Waals surface area contributed by atoms with Gasteiger partial charge in [0.2, 0.25) is 0 Å². The quantitative estimate of drug-likeness (QED) is 0.693. The first-order chi connectivity index (χ1) is 12.3. The lowest BCUT2D eigenvalue weighted by Crippen LogP contribution is -2.21. The first-order valence-corrected chi connectivity index (χ1v) is 8.29. The van der Waals surface area contributed by atoms with Gasteiger partial charge in [-0.2, -0.15) is 0 Å². The van der Waals surface area contributed by atoms with Crippen LogP contribution in [0.15, 0.2) is 72.9 Å². The summed E-state index contributed by atoms with van der Waals surface area (Å²) in [5, 5.41) is 13.6. The van der Waals surface area contributed by atoms with Crippen molar-refractivity contribution in [2.24, 2.45) is 0 Å². The summed E-state index contributed by atoms with van der Waals surface area (Å²) in [5.74, 6) is 0.787. The van der Waals surface area contributed by atoms with Gasteiger partial charge in [-0.1, -0.05) is 36.4 Å². The Bertz CT molecular complexity index is 789. The first-order valence-electron chi connectivity index (χ1n) is 8.29. The average Bonchev–Trinajstić information content (AvgIpc) is 2.69. The van der Waals surface area contributed by atoms with Gasteiger partial charge in [0.05, 0.1) is 18.9 Å². The van der Waals surface area contributed by atoms with Crippen LogP contribution in [-0.2, 0) is 6.54 Å². The number of rotatable bonds is 7. The average molecular weight is 334 g/mol. The van der Waals surface area contributed by atoms with Crippen LogP contribution in [0.5, 0.6) is 5.75 Å². The van der Waals surface area contributed by atoms with Crippen molar-refractivity contribution in [3.8, 4) is 17.0 Å². The maximum Gasteiger partial charge on any atom is 0.118 e. The van der Waals surface area contributed by atoms with Crippen LogP contribution in [0.1, 0.15) is 17.2 Å². The summed E-state index contributed by atoms with van der Waals surface area (Å²) in [6.07, 6.45) is 1.25. The molecule has 4 heteroatoms. The molecule has 0 bridgehead atoms. The molecule has 128 valence electrons. The Morgan fingerprint density at radius 1 is 1.04 bits per heavy atom. The smallest absolute Gasteiger partial charge is 0.118 e. The molecule has 0 saturated heterocycles. The molecule has 0 aliphatic rings. The third-order valence-electron chi connectivity index (χ3n) is 4.06. The SMILES string of the molecule is COc1ccc(C(O)CNCc2cccc(-c3ccccn3)c2)cc1.